The monoisotopic (exact) mass is 342 g/mol. The van der Waals surface area contributed by atoms with Gasteiger partial charge in [-0.2, -0.15) is 0 Å². The Balaban J connectivity index is 1.90. The Hall–Kier alpha value is -2.67. The van der Waals surface area contributed by atoms with Crippen molar-refractivity contribution in [3.8, 4) is 0 Å². The molecule has 0 saturated carbocycles. The lowest BCUT2D eigenvalue weighted by Gasteiger charge is -2.20. The summed E-state index contributed by atoms with van der Waals surface area (Å²) in [4.78, 5) is 37.1. The fourth-order valence-electron chi connectivity index (χ4n) is 3.42. The van der Waals surface area contributed by atoms with Crippen LogP contribution in [0.1, 0.15) is 40.9 Å². The van der Waals surface area contributed by atoms with Gasteiger partial charge < -0.3 is 11.1 Å². The first-order valence-corrected chi connectivity index (χ1v) is 8.26. The van der Waals surface area contributed by atoms with Gasteiger partial charge in [-0.3, -0.25) is 18.7 Å². The Kier molecular flexibility index (Phi) is 4.34. The van der Waals surface area contributed by atoms with E-state index in [1.165, 1.54) is 25.2 Å². The number of hydrogen-bond acceptors (Lipinski definition) is 5. The number of aromatic nitrogens is 2. The highest BCUT2D eigenvalue weighted by molar-refractivity contribution is 6.03. The van der Waals surface area contributed by atoms with E-state index in [0.29, 0.717) is 0 Å². The molecule has 0 fully saturated rings. The van der Waals surface area contributed by atoms with Crippen LogP contribution in [0, 0.1) is 0 Å². The van der Waals surface area contributed by atoms with Gasteiger partial charge in [0, 0.05) is 20.1 Å². The fourth-order valence-corrected chi connectivity index (χ4v) is 3.42. The summed E-state index contributed by atoms with van der Waals surface area (Å²) < 4.78 is 2.02. The maximum atomic E-state index is 12.8. The molecule has 1 aromatic heterocycles. The van der Waals surface area contributed by atoms with Crippen molar-refractivity contribution >= 4 is 11.6 Å². The maximum Gasteiger partial charge on any atom is 0.332 e. The van der Waals surface area contributed by atoms with Crippen LogP contribution in [0.3, 0.4) is 0 Å². The Labute approximate surface area is 145 Å². The van der Waals surface area contributed by atoms with E-state index in [-0.39, 0.29) is 17.4 Å². The average Bonchev–Trinajstić information content (AvgIpc) is 3.01. The molecule has 7 heteroatoms. The van der Waals surface area contributed by atoms with Crippen molar-refractivity contribution < 1.29 is 4.79 Å². The second-order valence-electron chi connectivity index (χ2n) is 6.51. The molecule has 7 nitrogen and oxygen atoms in total. The number of fused-ring (bicyclic) bond motifs is 1. The number of Topliss-reactive ketones (excluding diaryl/α,β-unsaturated/α-hetero) is 1. The third-order valence-electron chi connectivity index (χ3n) is 4.93. The first-order chi connectivity index (χ1) is 11.8. The molecule has 2 atom stereocenters. The molecule has 0 bridgehead atoms. The molecule has 1 aromatic carbocycles. The normalized spacial score (nSPS) is 17.3. The molecule has 1 heterocycles. The standard InChI is InChI=1S/C18H22N4O3/c1-10(20-13-9-8-11-6-4-5-7-12(11)13)15(23)14-16(19)21(2)18(25)22(3)17(14)24/h4-7,10,13,20H,8-9,19H2,1-3H3/t10-,13-/m0/s1. The van der Waals surface area contributed by atoms with Crippen molar-refractivity contribution in [2.24, 2.45) is 14.1 Å². The SMILES string of the molecule is C[C@H](N[C@H]1CCc2ccccc21)C(=O)c1c(N)n(C)c(=O)n(C)c1=O. The van der Waals surface area contributed by atoms with Gasteiger partial charge in [0.05, 0.1) is 6.04 Å². The number of nitrogens with zero attached hydrogens (tertiary/aromatic N) is 2. The van der Waals surface area contributed by atoms with E-state index in [1.807, 2.05) is 12.1 Å². The number of carbonyl (C=O) groups excluding carboxylic acids is 1. The molecule has 0 amide bonds. The van der Waals surface area contributed by atoms with Gasteiger partial charge in [-0.1, -0.05) is 24.3 Å². The molecule has 25 heavy (non-hydrogen) atoms. The van der Waals surface area contributed by atoms with Gasteiger partial charge >= 0.3 is 5.69 Å². The van der Waals surface area contributed by atoms with E-state index in [9.17, 15) is 14.4 Å². The van der Waals surface area contributed by atoms with Crippen molar-refractivity contribution in [3.05, 3.63) is 61.8 Å². The summed E-state index contributed by atoms with van der Waals surface area (Å²) in [7, 11) is 2.78. The highest BCUT2D eigenvalue weighted by Gasteiger charge is 2.29. The molecule has 2 aromatic rings. The van der Waals surface area contributed by atoms with Crippen LogP contribution in [0.4, 0.5) is 5.82 Å². The zero-order valence-electron chi connectivity index (χ0n) is 14.6. The van der Waals surface area contributed by atoms with Crippen molar-refractivity contribution in [2.75, 3.05) is 5.73 Å². The largest absolute Gasteiger partial charge is 0.384 e. The third kappa shape index (κ3) is 2.80. The van der Waals surface area contributed by atoms with Crippen molar-refractivity contribution in [2.45, 2.75) is 31.8 Å². The number of carbonyl (C=O) groups is 1. The first kappa shape index (κ1) is 17.2. The predicted molar refractivity (Wildman–Crippen MR) is 95.8 cm³/mol. The van der Waals surface area contributed by atoms with Crippen LogP contribution in [0.5, 0.6) is 0 Å². The quantitative estimate of drug-likeness (QED) is 0.789. The molecule has 1 aliphatic rings. The van der Waals surface area contributed by atoms with Crippen LogP contribution < -0.4 is 22.3 Å². The summed E-state index contributed by atoms with van der Waals surface area (Å²) in [5.41, 5.74) is 6.98. The number of nitrogens with one attached hydrogen (secondary N) is 1. The molecular formula is C18H22N4O3. The molecule has 0 saturated heterocycles. The maximum absolute atomic E-state index is 12.8. The fraction of sp³-hybridized carbons (Fsp3) is 0.389. The third-order valence-corrected chi connectivity index (χ3v) is 4.93. The van der Waals surface area contributed by atoms with Crippen LogP contribution in [0.25, 0.3) is 0 Å². The lowest BCUT2D eigenvalue weighted by atomic mass is 10.0. The Morgan fingerprint density at radius 3 is 2.64 bits per heavy atom. The number of nitrogens with two attached hydrogens (primary N) is 1. The average molecular weight is 342 g/mol. The van der Waals surface area contributed by atoms with Gasteiger partial charge in [-0.25, -0.2) is 4.79 Å². The summed E-state index contributed by atoms with van der Waals surface area (Å²) in [6, 6.07) is 7.59. The summed E-state index contributed by atoms with van der Waals surface area (Å²) in [6.07, 6.45) is 1.86. The minimum Gasteiger partial charge on any atom is -0.384 e. The summed E-state index contributed by atoms with van der Waals surface area (Å²) in [6.45, 7) is 1.72. The van der Waals surface area contributed by atoms with E-state index in [2.05, 4.69) is 17.4 Å². The Bertz CT molecular complexity index is 958. The second kappa shape index (κ2) is 6.33. The number of aryl methyl sites for hydroxylation is 1. The summed E-state index contributed by atoms with van der Waals surface area (Å²) in [5.74, 6) is -0.503. The summed E-state index contributed by atoms with van der Waals surface area (Å²) >= 11 is 0. The smallest absolute Gasteiger partial charge is 0.332 e. The van der Waals surface area contributed by atoms with Crippen LogP contribution >= 0.6 is 0 Å². The minimum absolute atomic E-state index is 0.0627. The lowest BCUT2D eigenvalue weighted by Crippen LogP contribution is -2.45. The first-order valence-electron chi connectivity index (χ1n) is 8.26. The van der Waals surface area contributed by atoms with E-state index in [4.69, 9.17) is 5.73 Å². The number of nitrogen functional groups attached to an aromatic ring is 1. The van der Waals surface area contributed by atoms with Gasteiger partial charge in [-0.15, -0.1) is 0 Å². The highest BCUT2D eigenvalue weighted by atomic mass is 16.2. The number of anilines is 1. The molecule has 132 valence electrons. The Morgan fingerprint density at radius 1 is 1.24 bits per heavy atom. The van der Waals surface area contributed by atoms with E-state index >= 15 is 0 Å². The van der Waals surface area contributed by atoms with Gasteiger partial charge in [-0.05, 0) is 30.9 Å². The molecular weight excluding hydrogens is 320 g/mol. The number of rotatable bonds is 4. The van der Waals surface area contributed by atoms with Gasteiger partial charge in [0.2, 0.25) is 0 Å². The highest BCUT2D eigenvalue weighted by Crippen LogP contribution is 2.31. The van der Waals surface area contributed by atoms with Crippen molar-refractivity contribution in [1.29, 1.82) is 0 Å². The second-order valence-corrected chi connectivity index (χ2v) is 6.51. The number of benzene rings is 1. The molecule has 0 spiro atoms. The molecule has 3 N–H and O–H groups in total. The van der Waals surface area contributed by atoms with Gasteiger partial charge in [0.25, 0.3) is 5.56 Å². The van der Waals surface area contributed by atoms with Crippen LogP contribution in [0.15, 0.2) is 33.9 Å². The minimum atomic E-state index is -0.661. The van der Waals surface area contributed by atoms with Crippen molar-refractivity contribution in [1.82, 2.24) is 14.5 Å². The molecule has 0 radical (unpaired) electrons. The van der Waals surface area contributed by atoms with Crippen LogP contribution in [0.2, 0.25) is 0 Å². The van der Waals surface area contributed by atoms with Gasteiger partial charge in [0.15, 0.2) is 5.78 Å². The summed E-state index contributed by atoms with van der Waals surface area (Å²) in [5, 5.41) is 3.30. The van der Waals surface area contributed by atoms with Gasteiger partial charge in [0.1, 0.15) is 11.4 Å². The Morgan fingerprint density at radius 2 is 1.92 bits per heavy atom. The van der Waals surface area contributed by atoms with E-state index < -0.39 is 23.1 Å². The molecule has 0 unspecified atom stereocenters. The zero-order valence-corrected chi connectivity index (χ0v) is 14.6. The van der Waals surface area contributed by atoms with Crippen molar-refractivity contribution in [3.63, 3.8) is 0 Å². The zero-order chi connectivity index (χ0) is 18.3. The van der Waals surface area contributed by atoms with E-state index in [0.717, 1.165) is 22.0 Å². The molecule has 0 aliphatic heterocycles. The predicted octanol–water partition coefficient (Wildman–Crippen LogP) is 0.515. The number of ketones is 1. The number of hydrogen-bond donors (Lipinski definition) is 2. The molecule has 3 rings (SSSR count). The van der Waals surface area contributed by atoms with E-state index in [1.54, 1.807) is 6.92 Å². The van der Waals surface area contributed by atoms with Crippen LogP contribution in [-0.2, 0) is 20.5 Å². The topological polar surface area (TPSA) is 99.1 Å². The van der Waals surface area contributed by atoms with Crippen LogP contribution in [-0.4, -0.2) is 21.0 Å². The molecule has 1 aliphatic carbocycles. The lowest BCUT2D eigenvalue weighted by molar-refractivity contribution is 0.0942.